The van der Waals surface area contributed by atoms with Crippen molar-refractivity contribution in [3.05, 3.63) is 108 Å². The summed E-state index contributed by atoms with van der Waals surface area (Å²) in [6, 6.07) is 28.8. The molecule has 0 saturated heterocycles. The molecule has 25 heavy (non-hydrogen) atoms. The molecular formula is C22H22O3. The second kappa shape index (κ2) is 7.62. The second-order valence-electron chi connectivity index (χ2n) is 6.10. The van der Waals surface area contributed by atoms with Crippen molar-refractivity contribution in [3.8, 4) is 0 Å². The molecular weight excluding hydrogens is 312 g/mol. The van der Waals surface area contributed by atoms with E-state index in [1.807, 2.05) is 91.0 Å². The van der Waals surface area contributed by atoms with Gasteiger partial charge in [-0.25, -0.2) is 0 Å². The topological polar surface area (TPSA) is 60.7 Å². The molecule has 3 rings (SSSR count). The van der Waals surface area contributed by atoms with Crippen molar-refractivity contribution < 1.29 is 15.3 Å². The van der Waals surface area contributed by atoms with Gasteiger partial charge in [0.1, 0.15) is 6.10 Å². The van der Waals surface area contributed by atoms with Crippen molar-refractivity contribution >= 4 is 0 Å². The van der Waals surface area contributed by atoms with Crippen molar-refractivity contribution in [1.29, 1.82) is 0 Å². The van der Waals surface area contributed by atoms with Gasteiger partial charge in [0.15, 0.2) is 0 Å². The molecule has 0 aliphatic carbocycles. The van der Waals surface area contributed by atoms with E-state index in [1.165, 1.54) is 0 Å². The maximum absolute atomic E-state index is 11.2. The summed E-state index contributed by atoms with van der Waals surface area (Å²) in [5, 5.41) is 31.0. The van der Waals surface area contributed by atoms with E-state index in [0.29, 0.717) is 0 Å². The standard InChI is InChI=1S/C22H22O3/c23-16-20(24)21(25)22(17-10-4-1-5-11-17,18-12-6-2-7-13-18)19-14-8-3-9-15-19/h1-15,20-21,23-25H,16H2/t20-,21?/m0/s1. The summed E-state index contributed by atoms with van der Waals surface area (Å²) in [6.07, 6.45) is -2.50. The summed E-state index contributed by atoms with van der Waals surface area (Å²) in [5.41, 5.74) is 1.57. The molecule has 3 heteroatoms. The maximum atomic E-state index is 11.2. The van der Waals surface area contributed by atoms with Gasteiger partial charge in [0, 0.05) is 0 Å². The first-order valence-corrected chi connectivity index (χ1v) is 8.34. The third kappa shape index (κ3) is 3.10. The highest BCUT2D eigenvalue weighted by molar-refractivity contribution is 5.52. The van der Waals surface area contributed by atoms with Gasteiger partial charge in [-0.05, 0) is 16.7 Å². The Labute approximate surface area is 147 Å². The smallest absolute Gasteiger partial charge is 0.104 e. The molecule has 3 aromatic carbocycles. The molecule has 3 nitrogen and oxygen atoms in total. The largest absolute Gasteiger partial charge is 0.394 e. The first-order valence-electron chi connectivity index (χ1n) is 8.34. The van der Waals surface area contributed by atoms with Crippen LogP contribution in [0.2, 0.25) is 0 Å². The zero-order chi connectivity index (χ0) is 17.7. The minimum absolute atomic E-state index is 0.518. The van der Waals surface area contributed by atoms with E-state index in [2.05, 4.69) is 0 Å². The number of benzene rings is 3. The van der Waals surface area contributed by atoms with Crippen molar-refractivity contribution in [2.75, 3.05) is 6.61 Å². The van der Waals surface area contributed by atoms with Gasteiger partial charge in [0.25, 0.3) is 0 Å². The highest BCUT2D eigenvalue weighted by Gasteiger charge is 2.45. The molecule has 0 aliphatic heterocycles. The van der Waals surface area contributed by atoms with E-state index in [4.69, 9.17) is 0 Å². The Bertz CT molecular complexity index is 675. The fourth-order valence-corrected chi connectivity index (χ4v) is 3.50. The van der Waals surface area contributed by atoms with Gasteiger partial charge in [0.05, 0.1) is 18.1 Å². The summed E-state index contributed by atoms with van der Waals surface area (Å²) < 4.78 is 0. The lowest BCUT2D eigenvalue weighted by molar-refractivity contribution is -0.0373. The average Bonchev–Trinajstić information content (AvgIpc) is 2.70. The van der Waals surface area contributed by atoms with Gasteiger partial charge in [-0.15, -0.1) is 0 Å². The molecule has 0 aromatic heterocycles. The molecule has 0 spiro atoms. The van der Waals surface area contributed by atoms with Gasteiger partial charge >= 0.3 is 0 Å². The van der Waals surface area contributed by atoms with E-state index < -0.39 is 24.2 Å². The number of hydrogen-bond donors (Lipinski definition) is 3. The van der Waals surface area contributed by atoms with Crippen LogP contribution in [0.25, 0.3) is 0 Å². The maximum Gasteiger partial charge on any atom is 0.104 e. The van der Waals surface area contributed by atoms with Gasteiger partial charge < -0.3 is 15.3 Å². The van der Waals surface area contributed by atoms with E-state index in [9.17, 15) is 15.3 Å². The molecule has 128 valence electrons. The quantitative estimate of drug-likeness (QED) is 0.608. The summed E-state index contributed by atoms with van der Waals surface area (Å²) in [5.74, 6) is 0. The van der Waals surface area contributed by atoms with Crippen molar-refractivity contribution in [2.45, 2.75) is 17.6 Å². The SMILES string of the molecule is OC[C@H](O)C(O)C(c1ccccc1)(c1ccccc1)c1ccccc1. The fourth-order valence-electron chi connectivity index (χ4n) is 3.50. The molecule has 3 N–H and O–H groups in total. The third-order valence-electron chi connectivity index (χ3n) is 4.68. The number of aliphatic hydroxyl groups is 3. The van der Waals surface area contributed by atoms with Crippen molar-refractivity contribution in [2.24, 2.45) is 0 Å². The average molecular weight is 334 g/mol. The van der Waals surface area contributed by atoms with Crippen molar-refractivity contribution in [1.82, 2.24) is 0 Å². The summed E-state index contributed by atoms with van der Waals surface area (Å²) in [7, 11) is 0. The van der Waals surface area contributed by atoms with Crippen LogP contribution in [0.3, 0.4) is 0 Å². The van der Waals surface area contributed by atoms with E-state index in [-0.39, 0.29) is 0 Å². The fraction of sp³-hybridized carbons (Fsp3) is 0.182. The third-order valence-corrected chi connectivity index (χ3v) is 4.68. The molecule has 2 atom stereocenters. The Hall–Kier alpha value is -2.46. The highest BCUT2D eigenvalue weighted by atomic mass is 16.4. The van der Waals surface area contributed by atoms with Gasteiger partial charge in [-0.3, -0.25) is 0 Å². The molecule has 0 heterocycles. The van der Waals surface area contributed by atoms with Crippen molar-refractivity contribution in [3.63, 3.8) is 0 Å². The lowest BCUT2D eigenvalue weighted by atomic mass is 9.64. The number of rotatable bonds is 6. The Balaban J connectivity index is 2.36. The van der Waals surface area contributed by atoms with Crippen LogP contribution in [0.4, 0.5) is 0 Å². The molecule has 0 radical (unpaired) electrons. The summed E-state index contributed by atoms with van der Waals surface area (Å²) in [6.45, 7) is -0.518. The molecule has 0 amide bonds. The predicted molar refractivity (Wildman–Crippen MR) is 98.3 cm³/mol. The van der Waals surface area contributed by atoms with Gasteiger partial charge in [-0.2, -0.15) is 0 Å². The number of hydrogen-bond acceptors (Lipinski definition) is 3. The highest BCUT2D eigenvalue weighted by Crippen LogP contribution is 2.43. The normalized spacial score (nSPS) is 14.0. The monoisotopic (exact) mass is 334 g/mol. The van der Waals surface area contributed by atoms with Crippen LogP contribution in [-0.4, -0.2) is 34.1 Å². The van der Waals surface area contributed by atoms with Gasteiger partial charge in [0.2, 0.25) is 0 Å². The Morgan fingerprint density at radius 2 is 0.920 bits per heavy atom. The van der Waals surface area contributed by atoms with Crippen LogP contribution < -0.4 is 0 Å². The van der Waals surface area contributed by atoms with Crippen LogP contribution >= 0.6 is 0 Å². The molecule has 1 unspecified atom stereocenters. The van der Waals surface area contributed by atoms with Crippen LogP contribution in [0.5, 0.6) is 0 Å². The Morgan fingerprint density at radius 3 is 1.20 bits per heavy atom. The molecule has 0 bridgehead atoms. The zero-order valence-corrected chi connectivity index (χ0v) is 13.9. The Kier molecular flexibility index (Phi) is 5.29. The zero-order valence-electron chi connectivity index (χ0n) is 13.9. The van der Waals surface area contributed by atoms with Crippen LogP contribution in [0.1, 0.15) is 16.7 Å². The predicted octanol–water partition coefficient (Wildman–Crippen LogP) is 2.74. The van der Waals surface area contributed by atoms with E-state index >= 15 is 0 Å². The second-order valence-corrected chi connectivity index (χ2v) is 6.10. The molecule has 0 aliphatic rings. The Morgan fingerprint density at radius 1 is 0.600 bits per heavy atom. The summed E-state index contributed by atoms with van der Waals surface area (Å²) in [4.78, 5) is 0. The van der Waals surface area contributed by atoms with Crippen LogP contribution in [0, 0.1) is 0 Å². The minimum Gasteiger partial charge on any atom is -0.394 e. The first-order chi connectivity index (χ1) is 12.2. The van der Waals surface area contributed by atoms with Gasteiger partial charge in [-0.1, -0.05) is 91.0 Å². The van der Waals surface area contributed by atoms with E-state index in [0.717, 1.165) is 16.7 Å². The van der Waals surface area contributed by atoms with Crippen LogP contribution in [-0.2, 0) is 5.41 Å². The number of aliphatic hydroxyl groups excluding tert-OH is 3. The minimum atomic E-state index is -1.28. The summed E-state index contributed by atoms with van der Waals surface area (Å²) >= 11 is 0. The molecule has 0 fully saturated rings. The van der Waals surface area contributed by atoms with E-state index in [1.54, 1.807) is 0 Å². The molecule has 0 saturated carbocycles. The lowest BCUT2D eigenvalue weighted by Gasteiger charge is -2.41. The lowest BCUT2D eigenvalue weighted by Crippen LogP contribution is -2.49. The first kappa shape index (κ1) is 17.4. The van der Waals surface area contributed by atoms with Crippen LogP contribution in [0.15, 0.2) is 91.0 Å². The molecule has 3 aromatic rings.